The Labute approximate surface area is 198 Å². The Morgan fingerprint density at radius 3 is 2.68 bits per heavy atom. The van der Waals surface area contributed by atoms with Crippen LogP contribution in [0, 0.1) is 22.7 Å². The molecule has 8 heteroatoms. The monoisotopic (exact) mass is 470 g/mol. The van der Waals surface area contributed by atoms with Crippen molar-refractivity contribution in [3.05, 3.63) is 30.1 Å². The number of alkyl halides is 2. The van der Waals surface area contributed by atoms with Crippen LogP contribution < -0.4 is 5.32 Å². The summed E-state index contributed by atoms with van der Waals surface area (Å²) in [4.78, 5) is 31.8. The summed E-state index contributed by atoms with van der Waals surface area (Å²) in [6.07, 6.45) is 8.98. The number of carbonyl (C=O) groups excluding carboxylic acids is 2. The molecule has 3 heterocycles. The number of aromatic nitrogens is 2. The predicted molar refractivity (Wildman–Crippen MR) is 124 cm³/mol. The number of halogens is 2. The number of pyridine rings is 1. The van der Waals surface area contributed by atoms with E-state index in [1.165, 1.54) is 43.4 Å². The average Bonchev–Trinajstić information content (AvgIpc) is 3.30. The van der Waals surface area contributed by atoms with Crippen LogP contribution in [0.1, 0.15) is 75.2 Å². The lowest BCUT2D eigenvalue weighted by molar-refractivity contribution is -0.136. The molecule has 2 aromatic rings. The van der Waals surface area contributed by atoms with Crippen LogP contribution in [0.25, 0.3) is 5.65 Å². The molecule has 5 aliphatic rings. The van der Waals surface area contributed by atoms with Crippen LogP contribution in [-0.2, 0) is 4.79 Å². The first kappa shape index (κ1) is 22.0. The molecule has 0 aromatic carbocycles. The number of likely N-dealkylation sites (tertiary alicyclic amines) is 1. The first-order chi connectivity index (χ1) is 16.2. The highest BCUT2D eigenvalue weighted by Crippen LogP contribution is 2.75. The molecular weight excluding hydrogens is 438 g/mol. The Morgan fingerprint density at radius 1 is 1.18 bits per heavy atom. The van der Waals surface area contributed by atoms with E-state index in [4.69, 9.17) is 0 Å². The first-order valence-corrected chi connectivity index (χ1v) is 12.7. The fourth-order valence-electron chi connectivity index (χ4n) is 8.00. The van der Waals surface area contributed by atoms with Crippen molar-refractivity contribution >= 4 is 23.3 Å². The van der Waals surface area contributed by atoms with Crippen molar-refractivity contribution < 1.29 is 18.4 Å². The summed E-state index contributed by atoms with van der Waals surface area (Å²) in [6.45, 7) is 2.34. The third-order valence-corrected chi connectivity index (χ3v) is 9.14. The molecule has 1 saturated heterocycles. The molecule has 2 atom stereocenters. The smallest absolute Gasteiger partial charge is 0.274 e. The van der Waals surface area contributed by atoms with Crippen LogP contribution >= 0.6 is 0 Å². The normalized spacial score (nSPS) is 33.6. The Morgan fingerprint density at radius 2 is 1.94 bits per heavy atom. The molecule has 7 rings (SSSR count). The maximum atomic E-state index is 13.5. The van der Waals surface area contributed by atoms with Crippen molar-refractivity contribution in [2.75, 3.05) is 18.4 Å². The van der Waals surface area contributed by atoms with E-state index in [1.54, 1.807) is 28.8 Å². The van der Waals surface area contributed by atoms with Crippen molar-refractivity contribution in [1.29, 1.82) is 0 Å². The maximum Gasteiger partial charge on any atom is 0.274 e. The van der Waals surface area contributed by atoms with Gasteiger partial charge in [-0.1, -0.05) is 19.4 Å². The molecule has 2 amide bonds. The van der Waals surface area contributed by atoms with Crippen LogP contribution in [-0.4, -0.2) is 45.1 Å². The molecule has 34 heavy (non-hydrogen) atoms. The SMILES string of the molecule is CCC1CC2CC3(CC(=O)Nc4cccc5nc(C(=O)N6CCC(F)(F)CC6)cn45)CC1(C2)C3. The van der Waals surface area contributed by atoms with E-state index in [2.05, 4.69) is 17.2 Å². The van der Waals surface area contributed by atoms with E-state index in [9.17, 15) is 18.4 Å². The van der Waals surface area contributed by atoms with E-state index < -0.39 is 5.92 Å². The predicted octanol–water partition coefficient (Wildman–Crippen LogP) is 5.14. The number of imidazole rings is 1. The molecule has 2 aromatic heterocycles. The molecule has 2 unspecified atom stereocenters. The zero-order valence-electron chi connectivity index (χ0n) is 19.7. The Balaban J connectivity index is 1.15. The molecular formula is C26H32F2N4O2. The molecule has 4 aliphatic carbocycles. The van der Waals surface area contributed by atoms with Gasteiger partial charge in [-0.05, 0) is 66.9 Å². The quantitative estimate of drug-likeness (QED) is 0.658. The van der Waals surface area contributed by atoms with Crippen LogP contribution in [0.15, 0.2) is 24.4 Å². The molecule has 1 spiro atoms. The summed E-state index contributed by atoms with van der Waals surface area (Å²) in [5.41, 5.74) is 1.40. The maximum absolute atomic E-state index is 13.5. The Hall–Kier alpha value is -2.51. The molecule has 1 aliphatic heterocycles. The summed E-state index contributed by atoms with van der Waals surface area (Å²) in [6, 6.07) is 5.38. The lowest BCUT2D eigenvalue weighted by Crippen LogP contribution is -2.52. The van der Waals surface area contributed by atoms with Crippen molar-refractivity contribution in [2.24, 2.45) is 22.7 Å². The minimum atomic E-state index is -2.71. The summed E-state index contributed by atoms with van der Waals surface area (Å²) < 4.78 is 28.6. The molecule has 5 fully saturated rings. The van der Waals surface area contributed by atoms with Crippen molar-refractivity contribution in [2.45, 2.75) is 70.6 Å². The van der Waals surface area contributed by atoms with Gasteiger partial charge in [0, 0.05) is 38.5 Å². The van der Waals surface area contributed by atoms with Gasteiger partial charge in [0.25, 0.3) is 11.8 Å². The lowest BCUT2D eigenvalue weighted by atomic mass is 9.44. The average molecular weight is 471 g/mol. The summed E-state index contributed by atoms with van der Waals surface area (Å²) in [5, 5.41) is 3.06. The summed E-state index contributed by atoms with van der Waals surface area (Å²) in [5.74, 6) is -0.856. The molecule has 182 valence electrons. The topological polar surface area (TPSA) is 66.7 Å². The zero-order chi connectivity index (χ0) is 23.7. The van der Waals surface area contributed by atoms with Crippen LogP contribution in [0.2, 0.25) is 0 Å². The number of rotatable bonds is 5. The second-order valence-electron chi connectivity index (χ2n) is 11.5. The zero-order valence-corrected chi connectivity index (χ0v) is 19.7. The number of fused-ring (bicyclic) bond motifs is 1. The van der Waals surface area contributed by atoms with Crippen LogP contribution in [0.4, 0.5) is 14.6 Å². The number of nitrogens with zero attached hydrogens (tertiary/aromatic N) is 3. The van der Waals surface area contributed by atoms with E-state index in [1.807, 2.05) is 0 Å². The van der Waals surface area contributed by atoms with Gasteiger partial charge in [0.15, 0.2) is 0 Å². The van der Waals surface area contributed by atoms with E-state index in [0.717, 1.165) is 11.8 Å². The third kappa shape index (κ3) is 3.52. The van der Waals surface area contributed by atoms with E-state index >= 15 is 0 Å². The van der Waals surface area contributed by atoms with Crippen molar-refractivity contribution in [3.8, 4) is 0 Å². The summed E-state index contributed by atoms with van der Waals surface area (Å²) in [7, 11) is 0. The number of anilines is 1. The van der Waals surface area contributed by atoms with Gasteiger partial charge in [0.2, 0.25) is 5.91 Å². The highest BCUT2D eigenvalue weighted by molar-refractivity contribution is 5.94. The highest BCUT2D eigenvalue weighted by Gasteiger charge is 2.65. The molecule has 1 N–H and O–H groups in total. The Bertz CT molecular complexity index is 1140. The fraction of sp³-hybridized carbons (Fsp3) is 0.654. The van der Waals surface area contributed by atoms with Crippen LogP contribution in [0.5, 0.6) is 0 Å². The number of hydrogen-bond donors (Lipinski definition) is 1. The molecule has 3 bridgehead atoms. The second kappa shape index (κ2) is 7.49. The lowest BCUT2D eigenvalue weighted by Gasteiger charge is -2.61. The number of amides is 2. The second-order valence-corrected chi connectivity index (χ2v) is 11.5. The van der Waals surface area contributed by atoms with Gasteiger partial charge < -0.3 is 10.2 Å². The van der Waals surface area contributed by atoms with Gasteiger partial charge >= 0.3 is 0 Å². The van der Waals surface area contributed by atoms with Crippen molar-refractivity contribution in [3.63, 3.8) is 0 Å². The van der Waals surface area contributed by atoms with Gasteiger partial charge in [-0.3, -0.25) is 14.0 Å². The largest absolute Gasteiger partial charge is 0.337 e. The van der Waals surface area contributed by atoms with Gasteiger partial charge in [-0.15, -0.1) is 0 Å². The van der Waals surface area contributed by atoms with E-state index in [0.29, 0.717) is 23.3 Å². The van der Waals surface area contributed by atoms with Crippen LogP contribution in [0.3, 0.4) is 0 Å². The number of piperidine rings is 1. The molecule has 0 radical (unpaired) electrons. The number of nitrogens with one attached hydrogen (secondary N) is 1. The summed E-state index contributed by atoms with van der Waals surface area (Å²) >= 11 is 0. The first-order valence-electron chi connectivity index (χ1n) is 12.7. The molecule has 4 saturated carbocycles. The minimum absolute atomic E-state index is 0.0107. The Kier molecular flexibility index (Phi) is 4.84. The molecule has 6 nitrogen and oxygen atoms in total. The number of carbonyl (C=O) groups is 2. The van der Waals surface area contributed by atoms with Gasteiger partial charge in [0.05, 0.1) is 0 Å². The van der Waals surface area contributed by atoms with Crippen molar-refractivity contribution in [1.82, 2.24) is 14.3 Å². The van der Waals surface area contributed by atoms with Gasteiger partial charge in [-0.25, -0.2) is 13.8 Å². The van der Waals surface area contributed by atoms with Gasteiger partial charge in [0.1, 0.15) is 17.2 Å². The van der Waals surface area contributed by atoms with E-state index in [-0.39, 0.29) is 48.9 Å². The minimum Gasteiger partial charge on any atom is -0.337 e. The number of hydrogen-bond acceptors (Lipinski definition) is 3. The highest BCUT2D eigenvalue weighted by atomic mass is 19.3. The van der Waals surface area contributed by atoms with Gasteiger partial charge in [-0.2, -0.15) is 0 Å². The standard InChI is InChI=1S/C26H32F2N4O2/c1-2-18-10-17-11-24(15-25(18,12-17)16-24)13-22(33)30-21-5-3-4-20-29-19(14-32(20)21)23(34)31-8-6-26(27,28)7-9-31/h3-5,14,17-18H,2,6-13,15-16H2,1H3,(H,30,33). The third-order valence-electron chi connectivity index (χ3n) is 9.14. The fourth-order valence-corrected chi connectivity index (χ4v) is 8.00.